The second-order valence-corrected chi connectivity index (χ2v) is 9.42. The quantitative estimate of drug-likeness (QED) is 0.312. The summed E-state index contributed by atoms with van der Waals surface area (Å²) in [5, 5.41) is 4.76. The fraction of sp³-hybridized carbons (Fsp3) is 0.263. The summed E-state index contributed by atoms with van der Waals surface area (Å²) in [6.45, 7) is 1.50. The number of carboxylic acids is 1. The van der Waals surface area contributed by atoms with Gasteiger partial charge in [0, 0.05) is 11.1 Å². The van der Waals surface area contributed by atoms with Crippen LogP contribution in [0.1, 0.15) is 20.9 Å². The predicted octanol–water partition coefficient (Wildman–Crippen LogP) is 6.24. The number of ether oxygens (including phenoxy) is 1. The van der Waals surface area contributed by atoms with Crippen LogP contribution in [0.15, 0.2) is 28.5 Å². The molecule has 0 saturated carbocycles. The number of aromatic nitrogens is 1. The number of nitrogens with zero attached hydrogens (tertiary/aromatic N) is 1. The van der Waals surface area contributed by atoms with E-state index in [0.717, 1.165) is 16.7 Å². The van der Waals surface area contributed by atoms with E-state index in [2.05, 4.69) is 0 Å². The zero-order valence-corrected chi connectivity index (χ0v) is 18.6. The lowest BCUT2D eigenvalue weighted by atomic mass is 10.1. The number of rotatable bonds is 6. The molecule has 2 aromatic heterocycles. The van der Waals surface area contributed by atoms with Crippen molar-refractivity contribution in [3.05, 3.63) is 45.4 Å². The molecule has 3 aromatic rings. The summed E-state index contributed by atoms with van der Waals surface area (Å²) >= 11 is 5.92. The highest BCUT2D eigenvalue weighted by Gasteiger charge is 2.58. The van der Waals surface area contributed by atoms with E-state index in [1.807, 2.05) is 0 Å². The molecule has 1 N–H and O–H groups in total. The largest absolute Gasteiger partial charge is 0.495 e. The van der Waals surface area contributed by atoms with Crippen molar-refractivity contribution >= 4 is 57.5 Å². The number of halogens is 6. The number of aliphatic carboxylic acids is 1. The van der Waals surface area contributed by atoms with E-state index in [1.165, 1.54) is 26.2 Å². The summed E-state index contributed by atoms with van der Waals surface area (Å²) < 4.78 is 70.0. The van der Waals surface area contributed by atoms with Crippen LogP contribution in [-0.4, -0.2) is 40.1 Å². The van der Waals surface area contributed by atoms with E-state index in [0.29, 0.717) is 22.3 Å². The van der Waals surface area contributed by atoms with Gasteiger partial charge in [-0.2, -0.15) is 22.0 Å². The molecule has 0 aliphatic carbocycles. The van der Waals surface area contributed by atoms with Crippen molar-refractivity contribution < 1.29 is 41.4 Å². The molecule has 3 rings (SSSR count). The van der Waals surface area contributed by atoms with Crippen molar-refractivity contribution in [3.63, 3.8) is 0 Å². The second kappa shape index (κ2) is 8.56. The normalized spacial score (nSPS) is 12.4. The van der Waals surface area contributed by atoms with E-state index in [9.17, 15) is 36.6 Å². The van der Waals surface area contributed by atoms with Crippen molar-refractivity contribution in [1.82, 2.24) is 4.57 Å². The number of carboxylic acid groups (broad SMARTS) is 1. The Morgan fingerprint density at radius 2 is 1.88 bits per heavy atom. The zero-order chi connectivity index (χ0) is 24.0. The number of alkyl halides is 5. The first-order valence-electron chi connectivity index (χ1n) is 8.64. The Bertz CT molecular complexity index is 1220. The van der Waals surface area contributed by atoms with Crippen molar-refractivity contribution in [1.29, 1.82) is 0 Å². The molecule has 0 fully saturated rings. The van der Waals surface area contributed by atoms with Gasteiger partial charge in [-0.3, -0.25) is 14.2 Å². The number of hydrogen-bond donors (Lipinski definition) is 1. The number of hydrogen-bond acceptors (Lipinski definition) is 5. The van der Waals surface area contributed by atoms with Gasteiger partial charge in [0.2, 0.25) is 0 Å². The molecule has 32 heavy (non-hydrogen) atoms. The Labute approximate surface area is 190 Å². The summed E-state index contributed by atoms with van der Waals surface area (Å²) in [6.07, 6.45) is -6.17. The third kappa shape index (κ3) is 4.44. The molecule has 0 radical (unpaired) electrons. The van der Waals surface area contributed by atoms with Gasteiger partial charge in [-0.25, -0.2) is 0 Å². The Hall–Kier alpha value is -2.31. The number of carbonyl (C=O) groups excluding carboxylic acids is 1. The molecule has 0 aliphatic rings. The van der Waals surface area contributed by atoms with Crippen LogP contribution in [-0.2, 0) is 11.2 Å². The van der Waals surface area contributed by atoms with Gasteiger partial charge in [0.25, 0.3) is 5.91 Å². The number of thiophene rings is 1. The Morgan fingerprint density at radius 3 is 2.44 bits per heavy atom. The molecule has 5 nitrogen and oxygen atoms in total. The van der Waals surface area contributed by atoms with Crippen molar-refractivity contribution in [2.45, 2.75) is 29.0 Å². The second-order valence-electron chi connectivity index (χ2n) is 6.51. The fourth-order valence-electron chi connectivity index (χ4n) is 3.06. The monoisotopic (exact) mass is 513 g/mol. The summed E-state index contributed by atoms with van der Waals surface area (Å²) in [6, 6.07) is 5.01. The molecule has 0 spiro atoms. The lowest BCUT2D eigenvalue weighted by molar-refractivity contribution is -0.237. The molecular weight excluding hydrogens is 501 g/mol. The van der Waals surface area contributed by atoms with Gasteiger partial charge < -0.3 is 9.84 Å². The van der Waals surface area contributed by atoms with Gasteiger partial charge in [-0.15, -0.1) is 11.3 Å². The smallest absolute Gasteiger partial charge is 0.464 e. The molecule has 0 saturated heterocycles. The first kappa shape index (κ1) is 24.3. The van der Waals surface area contributed by atoms with E-state index < -0.39 is 45.7 Å². The van der Waals surface area contributed by atoms with Gasteiger partial charge in [0.1, 0.15) is 5.75 Å². The maximum atomic E-state index is 13.3. The van der Waals surface area contributed by atoms with Crippen LogP contribution < -0.4 is 4.74 Å². The van der Waals surface area contributed by atoms with Crippen molar-refractivity contribution in [2.75, 3.05) is 7.11 Å². The van der Waals surface area contributed by atoms with E-state index in [-0.39, 0.29) is 26.9 Å². The first-order valence-corrected chi connectivity index (χ1v) is 10.6. The first-order chi connectivity index (χ1) is 14.8. The van der Waals surface area contributed by atoms with Crippen LogP contribution in [0, 0.1) is 6.92 Å². The summed E-state index contributed by atoms with van der Waals surface area (Å²) in [7, 11) is 1.36. The summed E-state index contributed by atoms with van der Waals surface area (Å²) in [5.74, 6) is -1.63. The molecule has 2 heterocycles. The van der Waals surface area contributed by atoms with Crippen molar-refractivity contribution in [3.8, 4) is 5.75 Å². The highest BCUT2D eigenvalue weighted by atomic mass is 35.5. The molecule has 0 amide bonds. The Kier molecular flexibility index (Phi) is 6.51. The molecule has 1 aromatic carbocycles. The van der Waals surface area contributed by atoms with Gasteiger partial charge in [-0.05, 0) is 48.5 Å². The molecular formula is C19H13ClF5NO4S2. The number of thioether (sulfide) groups is 1. The predicted molar refractivity (Wildman–Crippen MR) is 110 cm³/mol. The molecule has 0 unspecified atom stereocenters. The van der Waals surface area contributed by atoms with Gasteiger partial charge in [-0.1, -0.05) is 11.6 Å². The van der Waals surface area contributed by atoms with Gasteiger partial charge in [0.05, 0.1) is 33.2 Å². The van der Waals surface area contributed by atoms with Crippen LogP contribution in [0.25, 0.3) is 10.9 Å². The molecule has 0 bridgehead atoms. The topological polar surface area (TPSA) is 68.5 Å². The van der Waals surface area contributed by atoms with E-state index in [1.54, 1.807) is 0 Å². The van der Waals surface area contributed by atoms with Crippen LogP contribution in [0.3, 0.4) is 0 Å². The highest BCUT2D eigenvalue weighted by molar-refractivity contribution is 8.02. The molecule has 172 valence electrons. The van der Waals surface area contributed by atoms with Gasteiger partial charge in [0.15, 0.2) is 0 Å². The zero-order valence-electron chi connectivity index (χ0n) is 16.2. The maximum absolute atomic E-state index is 13.3. The minimum absolute atomic E-state index is 0.112. The van der Waals surface area contributed by atoms with Crippen molar-refractivity contribution in [2.24, 2.45) is 0 Å². The standard InChI is InChI=1S/C19H13ClF5NO4S2/c1-8-9(6-15(27)28)10-5-13(30-2)11(20)7-12(10)26(8)17(29)14-3-4-16(31-14)32-19(24,25)18(21,22)23/h3-5,7H,6H2,1-2H3,(H,27,28). The minimum Gasteiger partial charge on any atom is -0.495 e. The maximum Gasteiger partial charge on any atom is 0.464 e. The summed E-state index contributed by atoms with van der Waals surface area (Å²) in [4.78, 5) is 24.4. The van der Waals surface area contributed by atoms with Gasteiger partial charge >= 0.3 is 17.4 Å². The number of benzene rings is 1. The van der Waals surface area contributed by atoms with Crippen LogP contribution in [0.4, 0.5) is 22.0 Å². The highest BCUT2D eigenvalue weighted by Crippen LogP contribution is 2.49. The number of fused-ring (bicyclic) bond motifs is 1. The molecule has 0 aliphatic heterocycles. The number of methoxy groups -OCH3 is 1. The summed E-state index contributed by atoms with van der Waals surface area (Å²) in [5.41, 5.74) is 0.822. The minimum atomic E-state index is -5.75. The molecule has 0 atom stereocenters. The third-order valence-corrected chi connectivity index (χ3v) is 6.98. The van der Waals surface area contributed by atoms with Crippen LogP contribution in [0.2, 0.25) is 5.02 Å². The number of carbonyl (C=O) groups is 2. The van der Waals surface area contributed by atoms with Crippen LogP contribution >= 0.6 is 34.7 Å². The van der Waals surface area contributed by atoms with E-state index in [4.69, 9.17) is 16.3 Å². The molecule has 13 heteroatoms. The van der Waals surface area contributed by atoms with Crippen LogP contribution in [0.5, 0.6) is 5.75 Å². The average Bonchev–Trinajstić information content (AvgIpc) is 3.22. The fourth-order valence-corrected chi connectivity index (χ4v) is 5.21. The lowest BCUT2D eigenvalue weighted by Gasteiger charge is -2.17. The Morgan fingerprint density at radius 1 is 1.22 bits per heavy atom. The average molecular weight is 514 g/mol. The Balaban J connectivity index is 2.09. The lowest BCUT2D eigenvalue weighted by Crippen LogP contribution is -2.32. The van der Waals surface area contributed by atoms with E-state index >= 15 is 0 Å². The SMILES string of the molecule is COc1cc2c(CC(=O)O)c(C)n(C(=O)c3ccc(SC(F)(F)C(F)(F)F)s3)c2cc1Cl. The third-order valence-electron chi connectivity index (χ3n) is 4.49.